The van der Waals surface area contributed by atoms with Crippen LogP contribution in [0.3, 0.4) is 0 Å². The quantitative estimate of drug-likeness (QED) is 0.618. The second-order valence-electron chi connectivity index (χ2n) is 2.95. The first-order valence-corrected chi connectivity index (χ1v) is 4.95. The predicted octanol–water partition coefficient (Wildman–Crippen LogP) is 2.42. The van der Waals surface area contributed by atoms with Crippen molar-refractivity contribution < 1.29 is 18.3 Å². The average Bonchev–Trinajstić information content (AvgIpc) is 2.35. The van der Waals surface area contributed by atoms with Crippen LogP contribution >= 0.6 is 11.6 Å². The van der Waals surface area contributed by atoms with Crippen LogP contribution in [0.5, 0.6) is 0 Å². The Morgan fingerprint density at radius 3 is 2.76 bits per heavy atom. The van der Waals surface area contributed by atoms with E-state index in [1.807, 2.05) is 0 Å². The summed E-state index contributed by atoms with van der Waals surface area (Å²) in [5, 5.41) is 8.77. The Morgan fingerprint density at radius 2 is 2.35 bits per heavy atom. The maximum atomic E-state index is 12.7. The molecule has 0 fully saturated rings. The molecule has 0 aliphatic rings. The molecule has 7 heteroatoms. The number of ether oxygens (including phenoxy) is 1. The van der Waals surface area contributed by atoms with Crippen molar-refractivity contribution in [2.75, 3.05) is 7.11 Å². The number of carbonyl (C=O) groups is 1. The number of alkyl halides is 3. The fraction of sp³-hybridized carbons (Fsp3) is 0.300. The molecule has 1 heterocycles. The normalized spacial score (nSPS) is 10.1. The van der Waals surface area contributed by atoms with E-state index >= 15 is 0 Å². The van der Waals surface area contributed by atoms with Gasteiger partial charge in [0.1, 0.15) is 11.8 Å². The van der Waals surface area contributed by atoms with Crippen LogP contribution in [0.2, 0.25) is 0 Å². The van der Waals surface area contributed by atoms with Crippen molar-refractivity contribution in [3.05, 3.63) is 28.6 Å². The third-order valence-corrected chi connectivity index (χ3v) is 2.24. The lowest BCUT2D eigenvalue weighted by Gasteiger charge is -2.09. The molecule has 0 bridgehead atoms. The molecule has 0 saturated heterocycles. The highest BCUT2D eigenvalue weighted by molar-refractivity contribution is 6.17. The molecule has 4 nitrogen and oxygen atoms in total. The number of carbonyl (C=O) groups excluding carboxylic acids is 1. The van der Waals surface area contributed by atoms with Gasteiger partial charge < -0.3 is 4.74 Å². The van der Waals surface area contributed by atoms with E-state index in [4.69, 9.17) is 16.9 Å². The summed E-state index contributed by atoms with van der Waals surface area (Å²) in [6, 6.07) is 2.74. The van der Waals surface area contributed by atoms with Crippen molar-refractivity contribution in [2.45, 2.75) is 12.3 Å². The summed E-state index contributed by atoms with van der Waals surface area (Å²) in [6.07, 6.45) is -2.95. The van der Waals surface area contributed by atoms with E-state index in [9.17, 15) is 13.6 Å². The minimum absolute atomic E-state index is 0.0112. The number of pyridine rings is 1. The molecule has 0 spiro atoms. The maximum absolute atomic E-state index is 12.7. The van der Waals surface area contributed by atoms with Crippen LogP contribution in [0.25, 0.3) is 0 Å². The lowest BCUT2D eigenvalue weighted by molar-refractivity contribution is 0.0587. The van der Waals surface area contributed by atoms with E-state index in [2.05, 4.69) is 9.72 Å². The highest BCUT2D eigenvalue weighted by atomic mass is 35.5. The zero-order valence-corrected chi connectivity index (χ0v) is 9.46. The number of nitriles is 1. The van der Waals surface area contributed by atoms with Gasteiger partial charge in [-0.2, -0.15) is 5.26 Å². The molecule has 1 aromatic rings. The second-order valence-corrected chi connectivity index (χ2v) is 3.22. The van der Waals surface area contributed by atoms with Crippen LogP contribution in [-0.2, 0) is 10.6 Å². The third-order valence-electron chi connectivity index (χ3n) is 1.99. The van der Waals surface area contributed by atoms with Crippen molar-refractivity contribution in [1.29, 1.82) is 5.26 Å². The molecule has 0 unspecified atom stereocenters. The molecule has 0 atom stereocenters. The topological polar surface area (TPSA) is 63.0 Å². The minimum atomic E-state index is -2.95. The molecule has 0 aromatic carbocycles. The number of hydrogen-bond acceptors (Lipinski definition) is 4. The van der Waals surface area contributed by atoms with Gasteiger partial charge in [-0.25, -0.2) is 18.6 Å². The summed E-state index contributed by atoms with van der Waals surface area (Å²) < 4.78 is 29.7. The molecule has 1 aromatic heterocycles. The zero-order valence-electron chi connectivity index (χ0n) is 8.71. The highest BCUT2D eigenvalue weighted by Gasteiger charge is 2.23. The SMILES string of the molecule is COC(=O)c1cc(C#N)c(CCl)nc1C(F)F. The fourth-order valence-electron chi connectivity index (χ4n) is 1.21. The lowest BCUT2D eigenvalue weighted by atomic mass is 10.1. The standard InChI is InChI=1S/C10H7ClF2N2O2/c1-17-10(16)6-2-5(4-14)7(3-11)15-8(6)9(12)13/h2,9H,3H2,1H3. The number of esters is 1. The van der Waals surface area contributed by atoms with Crippen LogP contribution in [0, 0.1) is 11.3 Å². The lowest BCUT2D eigenvalue weighted by Crippen LogP contribution is -2.11. The third kappa shape index (κ3) is 2.68. The Kier molecular flexibility index (Phi) is 4.35. The molecule has 17 heavy (non-hydrogen) atoms. The number of aromatic nitrogens is 1. The van der Waals surface area contributed by atoms with Crippen LogP contribution in [-0.4, -0.2) is 18.1 Å². The fourth-order valence-corrected chi connectivity index (χ4v) is 1.41. The number of hydrogen-bond donors (Lipinski definition) is 0. The Bertz CT molecular complexity index is 486. The van der Waals surface area contributed by atoms with Gasteiger partial charge in [-0.1, -0.05) is 0 Å². The van der Waals surface area contributed by atoms with Crippen molar-refractivity contribution in [1.82, 2.24) is 4.98 Å². The molecule has 1 rings (SSSR count). The maximum Gasteiger partial charge on any atom is 0.339 e. The largest absolute Gasteiger partial charge is 0.465 e. The van der Waals surface area contributed by atoms with Gasteiger partial charge in [-0.05, 0) is 6.07 Å². The van der Waals surface area contributed by atoms with Crippen LogP contribution < -0.4 is 0 Å². The zero-order chi connectivity index (χ0) is 13.0. The highest BCUT2D eigenvalue weighted by Crippen LogP contribution is 2.24. The first-order valence-electron chi connectivity index (χ1n) is 4.41. The summed E-state index contributed by atoms with van der Waals surface area (Å²) >= 11 is 5.48. The monoisotopic (exact) mass is 260 g/mol. The Labute approximate surface area is 101 Å². The molecule has 0 aliphatic heterocycles. The summed E-state index contributed by atoms with van der Waals surface area (Å²) in [4.78, 5) is 14.8. The van der Waals surface area contributed by atoms with E-state index in [0.717, 1.165) is 13.2 Å². The molecule has 0 N–H and O–H groups in total. The number of nitrogens with zero attached hydrogens (tertiary/aromatic N) is 2. The molecular formula is C10H7ClF2N2O2. The van der Waals surface area contributed by atoms with E-state index in [1.54, 1.807) is 6.07 Å². The van der Waals surface area contributed by atoms with Crippen molar-refractivity contribution in [2.24, 2.45) is 0 Å². The first-order chi connectivity index (χ1) is 8.04. The number of rotatable bonds is 3. The summed E-state index contributed by atoms with van der Waals surface area (Å²) in [7, 11) is 1.05. The summed E-state index contributed by atoms with van der Waals surface area (Å²) in [5.74, 6) is -1.16. The van der Waals surface area contributed by atoms with E-state index in [-0.39, 0.29) is 17.1 Å². The Morgan fingerprint density at radius 1 is 1.71 bits per heavy atom. The van der Waals surface area contributed by atoms with E-state index in [0.29, 0.717) is 0 Å². The number of methoxy groups -OCH3 is 1. The molecular weight excluding hydrogens is 254 g/mol. The van der Waals surface area contributed by atoms with Gasteiger partial charge in [0.05, 0.1) is 29.8 Å². The number of halogens is 3. The first kappa shape index (κ1) is 13.3. The summed E-state index contributed by atoms with van der Waals surface area (Å²) in [6.45, 7) is 0. The van der Waals surface area contributed by atoms with E-state index < -0.39 is 23.7 Å². The smallest absolute Gasteiger partial charge is 0.339 e. The predicted molar refractivity (Wildman–Crippen MR) is 54.8 cm³/mol. The molecule has 0 radical (unpaired) electrons. The second kappa shape index (κ2) is 5.55. The minimum Gasteiger partial charge on any atom is -0.465 e. The van der Waals surface area contributed by atoms with Gasteiger partial charge in [0, 0.05) is 0 Å². The molecule has 0 saturated carbocycles. The van der Waals surface area contributed by atoms with Crippen molar-refractivity contribution in [3.63, 3.8) is 0 Å². The Hall–Kier alpha value is -1.74. The van der Waals surface area contributed by atoms with Crippen LogP contribution in [0.15, 0.2) is 6.07 Å². The molecule has 0 aliphatic carbocycles. The van der Waals surface area contributed by atoms with Crippen molar-refractivity contribution in [3.8, 4) is 6.07 Å². The van der Waals surface area contributed by atoms with Gasteiger partial charge in [0.2, 0.25) is 0 Å². The van der Waals surface area contributed by atoms with Gasteiger partial charge >= 0.3 is 5.97 Å². The average molecular weight is 261 g/mol. The van der Waals surface area contributed by atoms with Gasteiger partial charge in [-0.15, -0.1) is 11.6 Å². The Balaban J connectivity index is 3.47. The van der Waals surface area contributed by atoms with Crippen LogP contribution in [0.4, 0.5) is 8.78 Å². The van der Waals surface area contributed by atoms with Crippen LogP contribution in [0.1, 0.15) is 33.7 Å². The van der Waals surface area contributed by atoms with Gasteiger partial charge in [0.15, 0.2) is 0 Å². The summed E-state index contributed by atoms with van der Waals surface area (Å²) in [5.41, 5.74) is -1.17. The van der Waals surface area contributed by atoms with Crippen molar-refractivity contribution >= 4 is 17.6 Å². The van der Waals surface area contributed by atoms with Gasteiger partial charge in [-0.3, -0.25) is 0 Å². The molecule has 0 amide bonds. The van der Waals surface area contributed by atoms with Gasteiger partial charge in [0.25, 0.3) is 6.43 Å². The van der Waals surface area contributed by atoms with E-state index in [1.165, 1.54) is 0 Å². The molecule has 90 valence electrons.